The van der Waals surface area contributed by atoms with Gasteiger partial charge in [0.15, 0.2) is 0 Å². The molecule has 4 nitrogen and oxygen atoms in total. The van der Waals surface area contributed by atoms with Crippen molar-refractivity contribution in [1.29, 1.82) is 0 Å². The molecule has 2 rings (SSSR count). The fourth-order valence-electron chi connectivity index (χ4n) is 2.66. The van der Waals surface area contributed by atoms with Crippen molar-refractivity contribution in [1.82, 2.24) is 5.48 Å². The second-order valence-corrected chi connectivity index (χ2v) is 5.89. The summed E-state index contributed by atoms with van der Waals surface area (Å²) < 4.78 is 0. The van der Waals surface area contributed by atoms with E-state index >= 15 is 0 Å². The summed E-state index contributed by atoms with van der Waals surface area (Å²) in [5.74, 6) is -0.246. The Kier molecular flexibility index (Phi) is 5.40. The lowest BCUT2D eigenvalue weighted by Gasteiger charge is -2.20. The highest BCUT2D eigenvalue weighted by Gasteiger charge is 2.12. The van der Waals surface area contributed by atoms with E-state index in [0.717, 1.165) is 11.3 Å². The molecule has 2 aromatic carbocycles. The second-order valence-electron chi connectivity index (χ2n) is 5.89. The Morgan fingerprint density at radius 2 is 1.78 bits per heavy atom. The van der Waals surface area contributed by atoms with E-state index in [-0.39, 0.29) is 11.9 Å². The van der Waals surface area contributed by atoms with Crippen molar-refractivity contribution in [2.45, 2.75) is 33.7 Å². The predicted molar refractivity (Wildman–Crippen MR) is 93.6 cm³/mol. The van der Waals surface area contributed by atoms with Crippen molar-refractivity contribution < 1.29 is 9.63 Å². The van der Waals surface area contributed by atoms with Crippen LogP contribution in [0.25, 0.3) is 0 Å². The van der Waals surface area contributed by atoms with Gasteiger partial charge in [-0.15, -0.1) is 0 Å². The molecule has 0 fully saturated rings. The Morgan fingerprint density at radius 3 is 2.43 bits per heavy atom. The molecule has 0 radical (unpaired) electrons. The van der Waals surface area contributed by atoms with Crippen molar-refractivity contribution in [3.8, 4) is 0 Å². The third-order valence-corrected chi connectivity index (χ3v) is 3.96. The maximum absolute atomic E-state index is 11.8. The summed E-state index contributed by atoms with van der Waals surface area (Å²) in [4.78, 5) is 16.4. The van der Waals surface area contributed by atoms with Crippen LogP contribution in [0.1, 0.15) is 45.6 Å². The van der Waals surface area contributed by atoms with Crippen LogP contribution in [0.15, 0.2) is 36.4 Å². The second kappa shape index (κ2) is 7.29. The van der Waals surface area contributed by atoms with E-state index in [1.807, 2.05) is 19.1 Å². The monoisotopic (exact) mass is 312 g/mol. The average molecular weight is 312 g/mol. The summed E-state index contributed by atoms with van der Waals surface area (Å²) in [5, 5.41) is 3.53. The van der Waals surface area contributed by atoms with Crippen LogP contribution in [-0.4, -0.2) is 13.0 Å². The van der Waals surface area contributed by atoms with Crippen molar-refractivity contribution >= 4 is 11.6 Å². The number of nitrogens with one attached hydrogen (secondary N) is 2. The number of anilines is 1. The highest BCUT2D eigenvalue weighted by atomic mass is 16.6. The van der Waals surface area contributed by atoms with E-state index in [2.05, 4.69) is 54.6 Å². The number of amides is 1. The average Bonchev–Trinajstić information content (AvgIpc) is 2.51. The Morgan fingerprint density at radius 1 is 1.04 bits per heavy atom. The SMILES string of the molecule is CONC(=O)c1ccc(NC(C)c2cc(C)ccc2C)c(C)c1. The van der Waals surface area contributed by atoms with E-state index in [9.17, 15) is 4.79 Å². The van der Waals surface area contributed by atoms with Crippen molar-refractivity contribution in [3.05, 3.63) is 64.2 Å². The fraction of sp³-hybridized carbons (Fsp3) is 0.316. The van der Waals surface area contributed by atoms with Gasteiger partial charge in [-0.05, 0) is 62.6 Å². The predicted octanol–water partition coefficient (Wildman–Crippen LogP) is 4.08. The highest BCUT2D eigenvalue weighted by Crippen LogP contribution is 2.25. The quantitative estimate of drug-likeness (QED) is 0.818. The lowest BCUT2D eigenvalue weighted by molar-refractivity contribution is 0.0537. The van der Waals surface area contributed by atoms with Gasteiger partial charge in [-0.2, -0.15) is 0 Å². The molecule has 2 N–H and O–H groups in total. The number of hydroxylamine groups is 1. The number of carbonyl (C=O) groups excluding carboxylic acids is 1. The van der Waals surface area contributed by atoms with Gasteiger partial charge in [0.2, 0.25) is 0 Å². The van der Waals surface area contributed by atoms with Gasteiger partial charge in [0.25, 0.3) is 5.91 Å². The molecule has 1 amide bonds. The third-order valence-electron chi connectivity index (χ3n) is 3.96. The number of benzene rings is 2. The van der Waals surface area contributed by atoms with Crippen LogP contribution in [0.3, 0.4) is 0 Å². The first-order valence-corrected chi connectivity index (χ1v) is 7.70. The molecule has 0 aliphatic heterocycles. The lowest BCUT2D eigenvalue weighted by Crippen LogP contribution is -2.22. The van der Waals surface area contributed by atoms with Gasteiger partial charge in [0.05, 0.1) is 7.11 Å². The molecule has 0 saturated heterocycles. The highest BCUT2D eigenvalue weighted by molar-refractivity contribution is 5.94. The van der Waals surface area contributed by atoms with Gasteiger partial charge < -0.3 is 5.32 Å². The molecule has 1 atom stereocenters. The van der Waals surface area contributed by atoms with E-state index in [0.29, 0.717) is 5.56 Å². The zero-order chi connectivity index (χ0) is 17.0. The molecule has 0 aliphatic rings. The molecule has 122 valence electrons. The number of rotatable bonds is 5. The molecular formula is C19H24N2O2. The first kappa shape index (κ1) is 17.0. The largest absolute Gasteiger partial charge is 0.378 e. The summed E-state index contributed by atoms with van der Waals surface area (Å²) in [6.45, 7) is 8.36. The van der Waals surface area contributed by atoms with Gasteiger partial charge in [0.1, 0.15) is 0 Å². The lowest BCUT2D eigenvalue weighted by atomic mass is 9.99. The van der Waals surface area contributed by atoms with Crippen LogP contribution in [0.4, 0.5) is 5.69 Å². The summed E-state index contributed by atoms with van der Waals surface area (Å²) in [6.07, 6.45) is 0. The first-order chi connectivity index (χ1) is 10.9. The minimum absolute atomic E-state index is 0.187. The maximum atomic E-state index is 11.8. The fourth-order valence-corrected chi connectivity index (χ4v) is 2.66. The van der Waals surface area contributed by atoms with Crippen LogP contribution in [0.2, 0.25) is 0 Å². The molecule has 0 saturated carbocycles. The number of aryl methyl sites for hydroxylation is 3. The van der Waals surface area contributed by atoms with E-state index in [1.54, 1.807) is 6.07 Å². The zero-order valence-corrected chi connectivity index (χ0v) is 14.4. The summed E-state index contributed by atoms with van der Waals surface area (Å²) in [7, 11) is 1.42. The van der Waals surface area contributed by atoms with Crippen LogP contribution in [0.5, 0.6) is 0 Å². The van der Waals surface area contributed by atoms with Crippen molar-refractivity contribution in [3.63, 3.8) is 0 Å². The van der Waals surface area contributed by atoms with E-state index < -0.39 is 0 Å². The first-order valence-electron chi connectivity index (χ1n) is 7.70. The van der Waals surface area contributed by atoms with Crippen LogP contribution < -0.4 is 10.8 Å². The molecule has 23 heavy (non-hydrogen) atoms. The normalized spacial score (nSPS) is 11.9. The number of hydrogen-bond donors (Lipinski definition) is 2. The standard InChI is InChI=1S/C19H24N2O2/c1-12-6-7-13(2)17(10-12)15(4)20-18-9-8-16(11-14(18)3)19(22)21-23-5/h6-11,15,20H,1-5H3,(H,21,22). The zero-order valence-electron chi connectivity index (χ0n) is 14.4. The van der Waals surface area contributed by atoms with Gasteiger partial charge in [-0.1, -0.05) is 23.8 Å². The van der Waals surface area contributed by atoms with Gasteiger partial charge in [0, 0.05) is 17.3 Å². The Bertz CT molecular complexity index is 711. The molecule has 0 aliphatic carbocycles. The maximum Gasteiger partial charge on any atom is 0.274 e. The van der Waals surface area contributed by atoms with Crippen LogP contribution >= 0.6 is 0 Å². The molecule has 0 bridgehead atoms. The molecule has 0 aromatic heterocycles. The molecule has 2 aromatic rings. The molecular weight excluding hydrogens is 288 g/mol. The van der Waals surface area contributed by atoms with Crippen molar-refractivity contribution in [2.75, 3.05) is 12.4 Å². The van der Waals surface area contributed by atoms with Crippen LogP contribution in [-0.2, 0) is 4.84 Å². The minimum Gasteiger partial charge on any atom is -0.378 e. The number of hydrogen-bond acceptors (Lipinski definition) is 3. The minimum atomic E-state index is -0.246. The summed E-state index contributed by atoms with van der Waals surface area (Å²) >= 11 is 0. The molecule has 4 heteroatoms. The Balaban J connectivity index is 2.19. The van der Waals surface area contributed by atoms with Gasteiger partial charge in [-0.25, -0.2) is 5.48 Å². The van der Waals surface area contributed by atoms with E-state index in [4.69, 9.17) is 0 Å². The third kappa shape index (κ3) is 4.11. The molecule has 1 unspecified atom stereocenters. The molecule has 0 heterocycles. The van der Waals surface area contributed by atoms with E-state index in [1.165, 1.54) is 23.8 Å². The summed E-state index contributed by atoms with van der Waals surface area (Å²) in [5.41, 5.74) is 8.75. The Labute approximate surface area is 137 Å². The molecule has 0 spiro atoms. The van der Waals surface area contributed by atoms with Crippen molar-refractivity contribution in [2.24, 2.45) is 0 Å². The Hall–Kier alpha value is -2.33. The summed E-state index contributed by atoms with van der Waals surface area (Å²) in [6, 6.07) is 12.2. The topological polar surface area (TPSA) is 50.4 Å². The van der Waals surface area contributed by atoms with Crippen LogP contribution in [0, 0.1) is 20.8 Å². The number of carbonyl (C=O) groups is 1. The van der Waals surface area contributed by atoms with Gasteiger partial charge >= 0.3 is 0 Å². The van der Waals surface area contributed by atoms with Gasteiger partial charge in [-0.3, -0.25) is 9.63 Å². The smallest absolute Gasteiger partial charge is 0.274 e.